The quantitative estimate of drug-likeness (QED) is 0.812. The van der Waals surface area contributed by atoms with Gasteiger partial charge in [-0.3, -0.25) is 0 Å². The normalized spacial score (nSPS) is 41.5. The van der Waals surface area contributed by atoms with Crippen molar-refractivity contribution in [1.29, 1.82) is 0 Å². The highest BCUT2D eigenvalue weighted by Gasteiger charge is 2.53. The molecule has 4 nitrogen and oxygen atoms in total. The molecule has 2 fully saturated rings. The predicted octanol–water partition coefficient (Wildman–Crippen LogP) is 1.79. The highest BCUT2D eigenvalue weighted by molar-refractivity contribution is 5.02. The van der Waals surface area contributed by atoms with E-state index in [4.69, 9.17) is 4.74 Å². The zero-order chi connectivity index (χ0) is 15.2. The third kappa shape index (κ3) is 3.35. The summed E-state index contributed by atoms with van der Waals surface area (Å²) in [5.41, 5.74) is -1.32. The number of aliphatic hydroxyl groups excluding tert-OH is 1. The second-order valence-electron chi connectivity index (χ2n) is 8.01. The summed E-state index contributed by atoms with van der Waals surface area (Å²) in [5.74, 6) is 0.112. The van der Waals surface area contributed by atoms with Crippen molar-refractivity contribution in [2.45, 2.75) is 76.8 Å². The minimum Gasteiger partial charge on any atom is -0.390 e. The van der Waals surface area contributed by atoms with Crippen LogP contribution >= 0.6 is 0 Å². The van der Waals surface area contributed by atoms with Gasteiger partial charge in [0.25, 0.3) is 0 Å². The zero-order valence-corrected chi connectivity index (χ0v) is 13.6. The predicted molar refractivity (Wildman–Crippen MR) is 79.7 cm³/mol. The summed E-state index contributed by atoms with van der Waals surface area (Å²) in [6, 6.07) is 0. The number of likely N-dealkylation sites (tertiary alicyclic amines) is 1. The molecule has 0 amide bonds. The molecular formula is C16H31NO3. The Morgan fingerprint density at radius 2 is 1.70 bits per heavy atom. The minimum atomic E-state index is -0.533. The molecule has 2 saturated heterocycles. The lowest BCUT2D eigenvalue weighted by atomic mass is 9.84. The molecule has 118 valence electrons. The Labute approximate surface area is 123 Å². The number of rotatable bonds is 2. The van der Waals surface area contributed by atoms with Gasteiger partial charge in [-0.25, -0.2) is 0 Å². The van der Waals surface area contributed by atoms with E-state index in [2.05, 4.69) is 18.7 Å². The van der Waals surface area contributed by atoms with E-state index in [1.165, 1.54) is 0 Å². The van der Waals surface area contributed by atoms with Gasteiger partial charge in [0.1, 0.15) is 0 Å². The molecule has 2 heterocycles. The van der Waals surface area contributed by atoms with Crippen molar-refractivity contribution in [3.8, 4) is 0 Å². The lowest BCUT2D eigenvalue weighted by Crippen LogP contribution is -2.44. The van der Waals surface area contributed by atoms with Gasteiger partial charge in [0, 0.05) is 19.0 Å². The van der Waals surface area contributed by atoms with Crippen LogP contribution in [-0.4, -0.2) is 57.7 Å². The molecule has 0 spiro atoms. The van der Waals surface area contributed by atoms with Gasteiger partial charge in [0.2, 0.25) is 0 Å². The Bertz CT molecular complexity index is 352. The monoisotopic (exact) mass is 285 g/mol. The van der Waals surface area contributed by atoms with Crippen LogP contribution in [0.5, 0.6) is 0 Å². The SMILES string of the molecule is CC1(O)CCCN(CC2C(O)C(C)(C)OC2(C)C)CC1. The Kier molecular flexibility index (Phi) is 4.25. The lowest BCUT2D eigenvalue weighted by Gasteiger charge is -2.32. The molecule has 3 atom stereocenters. The Hall–Kier alpha value is -0.160. The summed E-state index contributed by atoms with van der Waals surface area (Å²) in [6.45, 7) is 12.7. The Morgan fingerprint density at radius 3 is 2.25 bits per heavy atom. The summed E-state index contributed by atoms with van der Waals surface area (Å²) in [4.78, 5) is 2.38. The van der Waals surface area contributed by atoms with E-state index >= 15 is 0 Å². The van der Waals surface area contributed by atoms with Crippen LogP contribution in [0.4, 0.5) is 0 Å². The van der Waals surface area contributed by atoms with Crippen LogP contribution in [0.15, 0.2) is 0 Å². The summed E-state index contributed by atoms with van der Waals surface area (Å²) in [5, 5.41) is 20.7. The number of ether oxygens (including phenoxy) is 1. The molecule has 0 aliphatic carbocycles. The van der Waals surface area contributed by atoms with E-state index in [0.29, 0.717) is 0 Å². The zero-order valence-electron chi connectivity index (χ0n) is 13.6. The molecule has 0 saturated carbocycles. The number of nitrogens with zero attached hydrogens (tertiary/aromatic N) is 1. The van der Waals surface area contributed by atoms with Gasteiger partial charge >= 0.3 is 0 Å². The first-order chi connectivity index (χ1) is 9.04. The molecule has 0 aromatic rings. The van der Waals surface area contributed by atoms with Crippen molar-refractivity contribution >= 4 is 0 Å². The summed E-state index contributed by atoms with van der Waals surface area (Å²) in [6.07, 6.45) is 2.24. The molecule has 0 bridgehead atoms. The van der Waals surface area contributed by atoms with Crippen molar-refractivity contribution in [2.75, 3.05) is 19.6 Å². The van der Waals surface area contributed by atoms with E-state index in [1.54, 1.807) is 0 Å². The van der Waals surface area contributed by atoms with Gasteiger partial charge in [-0.05, 0) is 60.4 Å². The maximum Gasteiger partial charge on any atom is 0.0896 e. The molecule has 0 radical (unpaired) electrons. The van der Waals surface area contributed by atoms with E-state index in [1.807, 2.05) is 20.8 Å². The van der Waals surface area contributed by atoms with Crippen LogP contribution in [0, 0.1) is 5.92 Å². The van der Waals surface area contributed by atoms with Gasteiger partial charge in [0.05, 0.1) is 22.9 Å². The Morgan fingerprint density at radius 1 is 1.05 bits per heavy atom. The van der Waals surface area contributed by atoms with Crippen LogP contribution in [0.1, 0.15) is 53.9 Å². The molecule has 0 aromatic heterocycles. The van der Waals surface area contributed by atoms with Crippen molar-refractivity contribution in [3.63, 3.8) is 0 Å². The molecule has 0 aromatic carbocycles. The largest absolute Gasteiger partial charge is 0.390 e. The number of hydrogen-bond acceptors (Lipinski definition) is 4. The smallest absolute Gasteiger partial charge is 0.0896 e. The first-order valence-electron chi connectivity index (χ1n) is 7.86. The highest BCUT2D eigenvalue weighted by Crippen LogP contribution is 2.42. The summed E-state index contributed by atoms with van der Waals surface area (Å²) >= 11 is 0. The average Bonchev–Trinajstić information content (AvgIpc) is 2.41. The fraction of sp³-hybridized carbons (Fsp3) is 1.00. The Balaban J connectivity index is 2.02. The summed E-state index contributed by atoms with van der Waals surface area (Å²) < 4.78 is 6.05. The summed E-state index contributed by atoms with van der Waals surface area (Å²) in [7, 11) is 0. The lowest BCUT2D eigenvalue weighted by molar-refractivity contribution is -0.0913. The van der Waals surface area contributed by atoms with Crippen molar-refractivity contribution in [3.05, 3.63) is 0 Å². The van der Waals surface area contributed by atoms with Crippen LogP contribution in [-0.2, 0) is 4.74 Å². The van der Waals surface area contributed by atoms with E-state index in [0.717, 1.165) is 38.9 Å². The molecular weight excluding hydrogens is 254 g/mol. The van der Waals surface area contributed by atoms with Crippen LogP contribution in [0.2, 0.25) is 0 Å². The van der Waals surface area contributed by atoms with Gasteiger partial charge in [-0.15, -0.1) is 0 Å². The molecule has 20 heavy (non-hydrogen) atoms. The van der Waals surface area contributed by atoms with Gasteiger partial charge < -0.3 is 19.8 Å². The highest BCUT2D eigenvalue weighted by atomic mass is 16.5. The van der Waals surface area contributed by atoms with Crippen LogP contribution in [0.3, 0.4) is 0 Å². The molecule has 2 N–H and O–H groups in total. The van der Waals surface area contributed by atoms with Crippen molar-refractivity contribution in [2.24, 2.45) is 5.92 Å². The third-order valence-electron chi connectivity index (χ3n) is 5.12. The molecule has 2 aliphatic heterocycles. The average molecular weight is 285 g/mol. The number of hydrogen-bond donors (Lipinski definition) is 2. The van der Waals surface area contributed by atoms with Crippen molar-refractivity contribution < 1.29 is 14.9 Å². The molecule has 2 rings (SSSR count). The number of aliphatic hydroxyl groups is 2. The van der Waals surface area contributed by atoms with Gasteiger partial charge in [-0.2, -0.15) is 0 Å². The second kappa shape index (κ2) is 5.24. The minimum absolute atomic E-state index is 0.112. The van der Waals surface area contributed by atoms with E-state index in [-0.39, 0.29) is 11.5 Å². The second-order valence-corrected chi connectivity index (χ2v) is 8.01. The van der Waals surface area contributed by atoms with Crippen LogP contribution < -0.4 is 0 Å². The first kappa shape index (κ1) is 16.2. The standard InChI is InChI=1S/C16H31NO3/c1-14(2)12(13(18)15(3,4)20-14)11-17-9-6-7-16(5,19)8-10-17/h12-13,18-19H,6-11H2,1-5H3. The third-order valence-corrected chi connectivity index (χ3v) is 5.12. The van der Waals surface area contributed by atoms with Gasteiger partial charge in [-0.1, -0.05) is 0 Å². The maximum absolute atomic E-state index is 10.6. The van der Waals surface area contributed by atoms with Crippen LogP contribution in [0.25, 0.3) is 0 Å². The fourth-order valence-corrected chi connectivity index (χ4v) is 3.78. The molecule has 3 unspecified atom stereocenters. The first-order valence-corrected chi connectivity index (χ1v) is 7.86. The fourth-order valence-electron chi connectivity index (χ4n) is 3.78. The molecule has 4 heteroatoms. The maximum atomic E-state index is 10.6. The van der Waals surface area contributed by atoms with E-state index in [9.17, 15) is 10.2 Å². The topological polar surface area (TPSA) is 52.9 Å². The van der Waals surface area contributed by atoms with E-state index < -0.39 is 17.3 Å². The van der Waals surface area contributed by atoms with Crippen molar-refractivity contribution in [1.82, 2.24) is 4.90 Å². The molecule has 2 aliphatic rings. The van der Waals surface area contributed by atoms with Gasteiger partial charge in [0.15, 0.2) is 0 Å².